The lowest BCUT2D eigenvalue weighted by Crippen LogP contribution is -2.33. The number of halogens is 4. The van der Waals surface area contributed by atoms with Gasteiger partial charge in [0.05, 0.1) is 12.9 Å². The highest BCUT2D eigenvalue weighted by molar-refractivity contribution is 5.96. The van der Waals surface area contributed by atoms with Gasteiger partial charge in [0.1, 0.15) is 13.2 Å². The second kappa shape index (κ2) is 6.00. The Morgan fingerprint density at radius 2 is 2.24 bits per heavy atom. The molecular formula is C10H12F4O3. The van der Waals surface area contributed by atoms with Crippen LogP contribution in [0.4, 0.5) is 17.6 Å². The summed E-state index contributed by atoms with van der Waals surface area (Å²) < 4.78 is 57.5. The van der Waals surface area contributed by atoms with Crippen LogP contribution < -0.4 is 0 Å². The summed E-state index contributed by atoms with van der Waals surface area (Å²) in [5, 5.41) is 0. The molecule has 1 aliphatic heterocycles. The Morgan fingerprint density at radius 3 is 2.76 bits per heavy atom. The van der Waals surface area contributed by atoms with Crippen molar-refractivity contribution < 1.29 is 31.8 Å². The topological polar surface area (TPSA) is 35.5 Å². The van der Waals surface area contributed by atoms with Crippen LogP contribution in [0, 0.1) is 0 Å². The number of carbonyl (C=O) groups is 1. The summed E-state index contributed by atoms with van der Waals surface area (Å²) in [5.74, 6) is -4.74. The number of hydrogen-bond donors (Lipinski definition) is 0. The highest BCUT2D eigenvalue weighted by atomic mass is 19.3. The summed E-state index contributed by atoms with van der Waals surface area (Å²) in [7, 11) is 0. The molecule has 0 N–H and O–H groups in total. The van der Waals surface area contributed by atoms with Crippen molar-refractivity contribution in [2.45, 2.75) is 25.2 Å². The molecule has 0 aromatic rings. The molecule has 0 aromatic carbocycles. The van der Waals surface area contributed by atoms with Crippen LogP contribution in [0.25, 0.3) is 0 Å². The second-order valence-corrected chi connectivity index (χ2v) is 3.60. The maximum atomic E-state index is 12.4. The highest BCUT2D eigenvalue weighted by Crippen LogP contribution is 2.23. The van der Waals surface area contributed by atoms with Crippen LogP contribution in [0.5, 0.6) is 0 Å². The van der Waals surface area contributed by atoms with E-state index in [1.165, 1.54) is 6.26 Å². The zero-order valence-electron chi connectivity index (χ0n) is 8.93. The Hall–Kier alpha value is -1.11. The van der Waals surface area contributed by atoms with Gasteiger partial charge in [0, 0.05) is 5.57 Å². The van der Waals surface area contributed by atoms with Crippen molar-refractivity contribution in [1.29, 1.82) is 0 Å². The molecule has 0 saturated carbocycles. The number of carbonyl (C=O) groups excluding carboxylic acids is 1. The van der Waals surface area contributed by atoms with E-state index >= 15 is 0 Å². The zero-order valence-corrected chi connectivity index (χ0v) is 8.93. The fourth-order valence-electron chi connectivity index (χ4n) is 1.21. The Labute approximate surface area is 95.4 Å². The van der Waals surface area contributed by atoms with Gasteiger partial charge in [-0.3, -0.25) is 4.79 Å². The van der Waals surface area contributed by atoms with E-state index in [0.29, 0.717) is 25.0 Å². The largest absolute Gasteiger partial charge is 0.501 e. The maximum absolute atomic E-state index is 12.4. The Bertz CT molecular complexity index is 302. The van der Waals surface area contributed by atoms with Gasteiger partial charge in [0.2, 0.25) is 0 Å². The standard InChI is InChI=1S/C10H12F4O3/c11-9(12)10(13,14)6-17-5-8(15)7-2-1-3-16-4-7/h4,9H,1-3,5-6H2. The van der Waals surface area contributed by atoms with Gasteiger partial charge in [0.15, 0.2) is 5.78 Å². The molecule has 0 unspecified atom stereocenters. The van der Waals surface area contributed by atoms with Crippen molar-refractivity contribution in [2.24, 2.45) is 0 Å². The Morgan fingerprint density at radius 1 is 1.53 bits per heavy atom. The average molecular weight is 256 g/mol. The summed E-state index contributed by atoms with van der Waals surface area (Å²) >= 11 is 0. The molecule has 0 bridgehead atoms. The van der Waals surface area contributed by atoms with E-state index in [0.717, 1.165) is 0 Å². The summed E-state index contributed by atoms with van der Waals surface area (Å²) in [4.78, 5) is 11.3. The number of hydrogen-bond acceptors (Lipinski definition) is 3. The van der Waals surface area contributed by atoms with Gasteiger partial charge in [-0.25, -0.2) is 8.78 Å². The van der Waals surface area contributed by atoms with E-state index in [1.54, 1.807) is 0 Å². The molecule has 0 aromatic heterocycles. The normalized spacial score (nSPS) is 16.6. The molecule has 7 heteroatoms. The van der Waals surface area contributed by atoms with Gasteiger partial charge < -0.3 is 9.47 Å². The molecule has 0 spiro atoms. The fraction of sp³-hybridized carbons (Fsp3) is 0.700. The minimum atomic E-state index is -4.22. The number of ketones is 1. The third kappa shape index (κ3) is 4.33. The van der Waals surface area contributed by atoms with Crippen molar-refractivity contribution >= 4 is 5.78 Å². The van der Waals surface area contributed by atoms with Crippen LogP contribution in [-0.4, -0.2) is 38.0 Å². The lowest BCUT2D eigenvalue weighted by Gasteiger charge is -2.16. The van der Waals surface area contributed by atoms with Crippen molar-refractivity contribution in [3.8, 4) is 0 Å². The molecule has 0 aliphatic carbocycles. The van der Waals surface area contributed by atoms with Gasteiger partial charge in [-0.1, -0.05) is 0 Å². The zero-order chi connectivity index (χ0) is 12.9. The first-order valence-corrected chi connectivity index (χ1v) is 5.01. The fourth-order valence-corrected chi connectivity index (χ4v) is 1.21. The number of rotatable bonds is 6. The minimum absolute atomic E-state index is 0.330. The van der Waals surface area contributed by atoms with E-state index in [9.17, 15) is 22.4 Å². The van der Waals surface area contributed by atoms with Crippen molar-refractivity contribution in [3.05, 3.63) is 11.8 Å². The van der Waals surface area contributed by atoms with E-state index < -0.39 is 31.3 Å². The van der Waals surface area contributed by atoms with E-state index in [-0.39, 0.29) is 0 Å². The van der Waals surface area contributed by atoms with Crippen LogP contribution in [0.1, 0.15) is 12.8 Å². The molecule has 98 valence electrons. The van der Waals surface area contributed by atoms with Crippen LogP contribution in [0.15, 0.2) is 11.8 Å². The molecule has 0 atom stereocenters. The molecule has 0 amide bonds. The number of ether oxygens (including phenoxy) is 2. The Kier molecular flexibility index (Phi) is 4.92. The molecule has 17 heavy (non-hydrogen) atoms. The summed E-state index contributed by atoms with van der Waals surface area (Å²) in [6.07, 6.45) is -1.41. The van der Waals surface area contributed by atoms with Crippen LogP contribution >= 0.6 is 0 Å². The monoisotopic (exact) mass is 256 g/mol. The first kappa shape index (κ1) is 14.0. The van der Waals surface area contributed by atoms with Crippen molar-refractivity contribution in [3.63, 3.8) is 0 Å². The third-order valence-electron chi connectivity index (χ3n) is 2.14. The second-order valence-electron chi connectivity index (χ2n) is 3.60. The summed E-state index contributed by atoms with van der Waals surface area (Å²) in [6.45, 7) is -1.61. The first-order valence-electron chi connectivity index (χ1n) is 5.01. The number of Topliss-reactive ketones (excluding diaryl/α,β-unsaturated/α-hetero) is 1. The third-order valence-corrected chi connectivity index (χ3v) is 2.14. The van der Waals surface area contributed by atoms with Crippen LogP contribution in [-0.2, 0) is 14.3 Å². The van der Waals surface area contributed by atoms with Gasteiger partial charge in [-0.2, -0.15) is 8.78 Å². The quantitative estimate of drug-likeness (QED) is 0.683. The number of alkyl halides is 4. The highest BCUT2D eigenvalue weighted by Gasteiger charge is 2.41. The van der Waals surface area contributed by atoms with Crippen molar-refractivity contribution in [2.75, 3.05) is 19.8 Å². The lowest BCUT2D eigenvalue weighted by molar-refractivity contribution is -0.167. The maximum Gasteiger partial charge on any atom is 0.330 e. The van der Waals surface area contributed by atoms with E-state index in [1.807, 2.05) is 0 Å². The predicted molar refractivity (Wildman–Crippen MR) is 50.0 cm³/mol. The summed E-state index contributed by atoms with van der Waals surface area (Å²) in [5.41, 5.74) is 0.330. The minimum Gasteiger partial charge on any atom is -0.501 e. The van der Waals surface area contributed by atoms with Crippen LogP contribution in [0.3, 0.4) is 0 Å². The molecule has 0 radical (unpaired) electrons. The van der Waals surface area contributed by atoms with Gasteiger partial charge in [0.25, 0.3) is 0 Å². The predicted octanol–water partition coefficient (Wildman–Crippen LogP) is 2.17. The molecule has 1 aliphatic rings. The molecule has 0 fully saturated rings. The Balaban J connectivity index is 2.31. The lowest BCUT2D eigenvalue weighted by atomic mass is 10.1. The smallest absolute Gasteiger partial charge is 0.330 e. The molecule has 1 heterocycles. The SMILES string of the molecule is O=C(COCC(F)(F)C(F)F)C1=COCCC1. The average Bonchev–Trinajstić information content (AvgIpc) is 2.29. The summed E-state index contributed by atoms with van der Waals surface area (Å²) in [6, 6.07) is 0. The van der Waals surface area contributed by atoms with Crippen molar-refractivity contribution in [1.82, 2.24) is 0 Å². The van der Waals surface area contributed by atoms with Crippen LogP contribution in [0.2, 0.25) is 0 Å². The molecular weight excluding hydrogens is 244 g/mol. The van der Waals surface area contributed by atoms with Gasteiger partial charge in [-0.15, -0.1) is 0 Å². The van der Waals surface area contributed by atoms with E-state index in [4.69, 9.17) is 4.74 Å². The molecule has 1 rings (SSSR count). The molecule has 3 nitrogen and oxygen atoms in total. The van der Waals surface area contributed by atoms with Gasteiger partial charge >= 0.3 is 12.3 Å². The molecule has 0 saturated heterocycles. The van der Waals surface area contributed by atoms with Gasteiger partial charge in [-0.05, 0) is 12.8 Å². The van der Waals surface area contributed by atoms with E-state index in [2.05, 4.69) is 4.74 Å². The first-order chi connectivity index (χ1) is 7.93.